The molecule has 0 amide bonds. The van der Waals surface area contributed by atoms with Gasteiger partial charge in [0, 0.05) is 18.8 Å². The van der Waals surface area contributed by atoms with Crippen LogP contribution in [-0.2, 0) is 0 Å². The second kappa shape index (κ2) is 5.21. The second-order valence-corrected chi connectivity index (χ2v) is 2.10. The first kappa shape index (κ1) is 9.40. The Morgan fingerprint density at radius 2 is 1.70 bits per heavy atom. The van der Waals surface area contributed by atoms with Crippen molar-refractivity contribution in [2.75, 3.05) is 26.4 Å². The SMILES string of the molecule is C=C(C)N(CCF)CCF. The number of alkyl halides is 2. The lowest BCUT2D eigenvalue weighted by Crippen LogP contribution is -2.25. The molecule has 0 spiro atoms. The van der Waals surface area contributed by atoms with Crippen LogP contribution in [0.5, 0.6) is 0 Å². The van der Waals surface area contributed by atoms with Gasteiger partial charge in [-0.25, -0.2) is 8.78 Å². The van der Waals surface area contributed by atoms with Gasteiger partial charge in [-0.3, -0.25) is 0 Å². The van der Waals surface area contributed by atoms with Gasteiger partial charge in [0.15, 0.2) is 0 Å². The molecule has 3 heteroatoms. The fourth-order valence-corrected chi connectivity index (χ4v) is 0.698. The summed E-state index contributed by atoms with van der Waals surface area (Å²) in [6.07, 6.45) is 0. The average Bonchev–Trinajstić information content (AvgIpc) is 1.87. The van der Waals surface area contributed by atoms with E-state index < -0.39 is 13.3 Å². The molecule has 0 aromatic rings. The number of halogens is 2. The minimum Gasteiger partial charge on any atom is -0.370 e. The van der Waals surface area contributed by atoms with Crippen LogP contribution >= 0.6 is 0 Å². The molecule has 0 heterocycles. The van der Waals surface area contributed by atoms with E-state index in [4.69, 9.17) is 0 Å². The monoisotopic (exact) mass is 149 g/mol. The first-order valence-electron chi connectivity index (χ1n) is 3.24. The minimum atomic E-state index is -0.452. The third-order valence-electron chi connectivity index (χ3n) is 1.25. The van der Waals surface area contributed by atoms with Crippen LogP contribution in [0.4, 0.5) is 8.78 Å². The van der Waals surface area contributed by atoms with Crippen LogP contribution in [0.3, 0.4) is 0 Å². The molecule has 0 saturated carbocycles. The normalized spacial score (nSPS) is 9.50. The standard InChI is InChI=1S/C7H13F2N/c1-7(2)10(5-3-8)6-4-9/h1,3-6H2,2H3. The molecule has 0 bridgehead atoms. The summed E-state index contributed by atoms with van der Waals surface area (Å²) in [7, 11) is 0. The fourth-order valence-electron chi connectivity index (χ4n) is 0.698. The molecule has 0 saturated heterocycles. The molecular weight excluding hydrogens is 136 g/mol. The summed E-state index contributed by atoms with van der Waals surface area (Å²) in [5.41, 5.74) is 0.718. The van der Waals surface area contributed by atoms with Crippen molar-refractivity contribution in [3.05, 3.63) is 12.3 Å². The zero-order valence-corrected chi connectivity index (χ0v) is 6.24. The zero-order chi connectivity index (χ0) is 7.98. The van der Waals surface area contributed by atoms with Crippen molar-refractivity contribution in [2.45, 2.75) is 6.92 Å². The topological polar surface area (TPSA) is 3.24 Å². The van der Waals surface area contributed by atoms with Gasteiger partial charge < -0.3 is 4.90 Å². The van der Waals surface area contributed by atoms with Crippen molar-refractivity contribution in [1.29, 1.82) is 0 Å². The summed E-state index contributed by atoms with van der Waals surface area (Å²) in [6, 6.07) is 0. The number of hydrogen-bond acceptors (Lipinski definition) is 1. The number of hydrogen-bond donors (Lipinski definition) is 0. The van der Waals surface area contributed by atoms with Crippen LogP contribution in [0.25, 0.3) is 0 Å². The van der Waals surface area contributed by atoms with E-state index in [0.717, 1.165) is 5.70 Å². The van der Waals surface area contributed by atoms with E-state index in [1.54, 1.807) is 11.8 Å². The largest absolute Gasteiger partial charge is 0.370 e. The second-order valence-electron chi connectivity index (χ2n) is 2.10. The quantitative estimate of drug-likeness (QED) is 0.575. The summed E-state index contributed by atoms with van der Waals surface area (Å²) in [5.74, 6) is 0. The van der Waals surface area contributed by atoms with Crippen LogP contribution in [-0.4, -0.2) is 31.3 Å². The van der Waals surface area contributed by atoms with Gasteiger partial charge >= 0.3 is 0 Å². The van der Waals surface area contributed by atoms with E-state index in [2.05, 4.69) is 6.58 Å². The Morgan fingerprint density at radius 1 is 1.30 bits per heavy atom. The van der Waals surface area contributed by atoms with Crippen LogP contribution in [0.2, 0.25) is 0 Å². The lowest BCUT2D eigenvalue weighted by atomic mass is 10.4. The summed E-state index contributed by atoms with van der Waals surface area (Å²) in [4.78, 5) is 1.58. The molecular formula is C7H13F2N. The molecule has 0 unspecified atom stereocenters. The van der Waals surface area contributed by atoms with E-state index in [9.17, 15) is 8.78 Å². The molecule has 0 aliphatic heterocycles. The first-order chi connectivity index (χ1) is 4.72. The average molecular weight is 149 g/mol. The lowest BCUT2D eigenvalue weighted by molar-refractivity contribution is 0.278. The maximum atomic E-state index is 11.7. The van der Waals surface area contributed by atoms with Crippen LogP contribution in [0, 0.1) is 0 Å². The lowest BCUT2D eigenvalue weighted by Gasteiger charge is -2.21. The Labute approximate surface area is 60.3 Å². The zero-order valence-electron chi connectivity index (χ0n) is 6.24. The highest BCUT2D eigenvalue weighted by molar-refractivity contribution is 4.87. The summed E-state index contributed by atoms with van der Waals surface area (Å²) >= 11 is 0. The van der Waals surface area contributed by atoms with Crippen molar-refractivity contribution in [1.82, 2.24) is 4.90 Å². The van der Waals surface area contributed by atoms with Crippen molar-refractivity contribution in [3.63, 3.8) is 0 Å². The van der Waals surface area contributed by atoms with Crippen molar-refractivity contribution in [2.24, 2.45) is 0 Å². The molecule has 0 aromatic carbocycles. The molecule has 0 radical (unpaired) electrons. The number of allylic oxidation sites excluding steroid dienone is 1. The highest BCUT2D eigenvalue weighted by Gasteiger charge is 2.01. The molecule has 60 valence electrons. The molecule has 10 heavy (non-hydrogen) atoms. The van der Waals surface area contributed by atoms with E-state index in [0.29, 0.717) is 0 Å². The van der Waals surface area contributed by atoms with Crippen LogP contribution in [0.15, 0.2) is 12.3 Å². The molecule has 0 aliphatic rings. The number of rotatable bonds is 5. The molecule has 0 fully saturated rings. The van der Waals surface area contributed by atoms with Gasteiger partial charge in [0.05, 0.1) is 0 Å². The van der Waals surface area contributed by atoms with Gasteiger partial charge in [-0.1, -0.05) is 6.58 Å². The maximum absolute atomic E-state index is 11.7. The van der Waals surface area contributed by atoms with Gasteiger partial charge in [-0.15, -0.1) is 0 Å². The van der Waals surface area contributed by atoms with Crippen molar-refractivity contribution in [3.8, 4) is 0 Å². The van der Waals surface area contributed by atoms with Crippen molar-refractivity contribution < 1.29 is 8.78 Å². The number of nitrogens with zero attached hydrogens (tertiary/aromatic N) is 1. The summed E-state index contributed by atoms with van der Waals surface area (Å²) < 4.78 is 23.4. The highest BCUT2D eigenvalue weighted by Crippen LogP contribution is 1.98. The Bertz CT molecular complexity index is 97.8. The Balaban J connectivity index is 3.61. The van der Waals surface area contributed by atoms with Gasteiger partial charge in [-0.05, 0) is 6.92 Å². The summed E-state index contributed by atoms with van der Waals surface area (Å²) in [6.45, 7) is 4.92. The van der Waals surface area contributed by atoms with E-state index in [1.807, 2.05) is 0 Å². The van der Waals surface area contributed by atoms with E-state index >= 15 is 0 Å². The molecule has 1 nitrogen and oxygen atoms in total. The van der Waals surface area contributed by atoms with Crippen molar-refractivity contribution >= 4 is 0 Å². The molecule has 0 aromatic heterocycles. The predicted octanol–water partition coefficient (Wildman–Crippen LogP) is 1.76. The third kappa shape index (κ3) is 3.43. The first-order valence-corrected chi connectivity index (χ1v) is 3.24. The van der Waals surface area contributed by atoms with Gasteiger partial charge in [-0.2, -0.15) is 0 Å². The maximum Gasteiger partial charge on any atom is 0.107 e. The van der Waals surface area contributed by atoms with Crippen LogP contribution in [0.1, 0.15) is 6.92 Å². The fraction of sp³-hybridized carbons (Fsp3) is 0.714. The molecule has 0 rings (SSSR count). The van der Waals surface area contributed by atoms with E-state index in [1.165, 1.54) is 0 Å². The van der Waals surface area contributed by atoms with Crippen LogP contribution < -0.4 is 0 Å². The molecule has 0 atom stereocenters. The summed E-state index contributed by atoms with van der Waals surface area (Å²) in [5, 5.41) is 0. The minimum absolute atomic E-state index is 0.249. The molecule has 0 aliphatic carbocycles. The Kier molecular flexibility index (Phi) is 4.89. The Hall–Kier alpha value is -0.600. The van der Waals surface area contributed by atoms with E-state index in [-0.39, 0.29) is 13.1 Å². The van der Waals surface area contributed by atoms with Gasteiger partial charge in [0.1, 0.15) is 13.3 Å². The molecule has 0 N–H and O–H groups in total. The van der Waals surface area contributed by atoms with Gasteiger partial charge in [0.2, 0.25) is 0 Å². The Morgan fingerprint density at radius 3 is 1.90 bits per heavy atom. The third-order valence-corrected chi connectivity index (χ3v) is 1.25. The van der Waals surface area contributed by atoms with Gasteiger partial charge in [0.25, 0.3) is 0 Å². The smallest absolute Gasteiger partial charge is 0.107 e. The predicted molar refractivity (Wildman–Crippen MR) is 38.3 cm³/mol. The highest BCUT2D eigenvalue weighted by atomic mass is 19.1.